The van der Waals surface area contributed by atoms with Crippen molar-refractivity contribution < 1.29 is 23.1 Å². The van der Waals surface area contributed by atoms with E-state index in [4.69, 9.17) is 27.9 Å². The fraction of sp³-hybridized carbons (Fsp3) is 0.387. The maximum Gasteiger partial charge on any atom is 0.261 e. The molecule has 0 saturated heterocycles. The number of anilines is 1. The predicted octanol–water partition coefficient (Wildman–Crippen LogP) is 5.38. The number of halogens is 2. The molecule has 4 rings (SSSR count). The molecule has 1 aliphatic rings. The van der Waals surface area contributed by atoms with Crippen LogP contribution in [0.5, 0.6) is 5.75 Å². The zero-order chi connectivity index (χ0) is 30.6. The van der Waals surface area contributed by atoms with Gasteiger partial charge in [-0.25, -0.2) is 8.42 Å². The van der Waals surface area contributed by atoms with E-state index in [2.05, 4.69) is 9.62 Å². The lowest BCUT2D eigenvalue weighted by atomic mass is 10.0. The maximum atomic E-state index is 13.5. The van der Waals surface area contributed by atoms with E-state index in [-0.39, 0.29) is 41.9 Å². The highest BCUT2D eigenvalue weighted by atomic mass is 35.5. The molecule has 3 atom stereocenters. The summed E-state index contributed by atoms with van der Waals surface area (Å²) in [6.45, 7) is 7.08. The average molecular weight is 635 g/mol. The zero-order valence-corrected chi connectivity index (χ0v) is 26.5. The van der Waals surface area contributed by atoms with Gasteiger partial charge in [0.1, 0.15) is 11.9 Å². The molecular weight excluding hydrogens is 597 g/mol. The number of fused-ring (bicyclic) bond motifs is 1. The Kier molecular flexibility index (Phi) is 10.4. The van der Waals surface area contributed by atoms with Crippen molar-refractivity contribution in [1.82, 2.24) is 9.80 Å². The summed E-state index contributed by atoms with van der Waals surface area (Å²) in [5.74, 6) is 0.265. The topological polar surface area (TPSA) is 99.2 Å². The largest absolute Gasteiger partial charge is 0.488 e. The summed E-state index contributed by atoms with van der Waals surface area (Å²) in [4.78, 5) is 17.4. The second-order valence-electron chi connectivity index (χ2n) is 11.1. The number of aliphatic hydroxyl groups excluding tert-OH is 1. The summed E-state index contributed by atoms with van der Waals surface area (Å²) in [5, 5.41) is 10.9. The van der Waals surface area contributed by atoms with Gasteiger partial charge in [-0.2, -0.15) is 0 Å². The van der Waals surface area contributed by atoms with Crippen molar-refractivity contribution in [3.8, 4) is 5.75 Å². The second-order valence-corrected chi connectivity index (χ2v) is 13.6. The molecule has 11 heteroatoms. The Morgan fingerprint density at radius 2 is 1.81 bits per heavy atom. The van der Waals surface area contributed by atoms with Crippen molar-refractivity contribution in [2.75, 3.05) is 31.5 Å². The van der Waals surface area contributed by atoms with E-state index in [0.717, 1.165) is 11.1 Å². The minimum atomic E-state index is -3.84. The van der Waals surface area contributed by atoms with Crippen molar-refractivity contribution in [3.63, 3.8) is 0 Å². The number of amides is 1. The summed E-state index contributed by atoms with van der Waals surface area (Å²) >= 11 is 12.3. The molecule has 0 bridgehead atoms. The van der Waals surface area contributed by atoms with Crippen LogP contribution in [-0.4, -0.2) is 68.1 Å². The van der Waals surface area contributed by atoms with Gasteiger partial charge in [0, 0.05) is 36.8 Å². The first-order valence-corrected chi connectivity index (χ1v) is 16.0. The Hall–Kier alpha value is -2.82. The third-order valence-corrected chi connectivity index (χ3v) is 9.56. The van der Waals surface area contributed by atoms with Crippen molar-refractivity contribution in [2.45, 2.75) is 50.8 Å². The number of aliphatic hydroxyl groups is 1. The molecule has 1 heterocycles. The van der Waals surface area contributed by atoms with Gasteiger partial charge in [0.15, 0.2) is 0 Å². The number of hydrogen-bond donors (Lipinski definition) is 2. The van der Waals surface area contributed by atoms with Gasteiger partial charge >= 0.3 is 0 Å². The average Bonchev–Trinajstić information content (AvgIpc) is 2.98. The minimum Gasteiger partial charge on any atom is -0.488 e. The molecule has 42 heavy (non-hydrogen) atoms. The first-order chi connectivity index (χ1) is 19.9. The van der Waals surface area contributed by atoms with E-state index in [9.17, 15) is 18.3 Å². The van der Waals surface area contributed by atoms with Gasteiger partial charge in [-0.3, -0.25) is 14.4 Å². The molecular formula is C31H37Cl2N3O5S. The number of aryl methyl sites for hydroxylation is 1. The standard InChI is InChI=1S/C31H37Cl2N3O5S/c1-20-5-9-26(10-6-20)42(39,40)34-25-8-12-29-24(14-25)15-31(38)36(22(3)19-37)16-21(2)30(41-29)18-35(4)17-23-7-11-27(32)28(33)13-23/h5-14,21-22,30,34,37H,15-19H2,1-4H3/t21-,22+,30+/m1/s1. The quantitative estimate of drug-likeness (QED) is 0.328. The molecule has 1 aliphatic heterocycles. The van der Waals surface area contributed by atoms with Gasteiger partial charge in [0.25, 0.3) is 10.0 Å². The molecule has 8 nitrogen and oxygen atoms in total. The van der Waals surface area contributed by atoms with E-state index in [0.29, 0.717) is 46.7 Å². The van der Waals surface area contributed by atoms with Gasteiger partial charge in [0.05, 0.1) is 34.0 Å². The lowest BCUT2D eigenvalue weighted by molar-refractivity contribution is -0.134. The highest BCUT2D eigenvalue weighted by molar-refractivity contribution is 7.92. The number of benzene rings is 3. The van der Waals surface area contributed by atoms with Crippen molar-refractivity contribution in [1.29, 1.82) is 0 Å². The molecule has 0 fully saturated rings. The van der Waals surface area contributed by atoms with E-state index in [1.807, 2.05) is 40.0 Å². The van der Waals surface area contributed by atoms with Crippen molar-refractivity contribution >= 4 is 44.8 Å². The van der Waals surface area contributed by atoms with Gasteiger partial charge in [-0.05, 0) is 68.9 Å². The number of likely N-dealkylation sites (N-methyl/N-ethyl adjacent to an activating group) is 1. The Labute approximate surface area is 258 Å². The monoisotopic (exact) mass is 633 g/mol. The number of carbonyl (C=O) groups excluding carboxylic acids is 1. The Morgan fingerprint density at radius 3 is 2.48 bits per heavy atom. The van der Waals surface area contributed by atoms with Gasteiger partial charge in [-0.15, -0.1) is 0 Å². The normalized spacial score (nSPS) is 18.5. The fourth-order valence-corrected chi connectivity index (χ4v) is 6.33. The van der Waals surface area contributed by atoms with Crippen LogP contribution in [0.4, 0.5) is 5.69 Å². The fourth-order valence-electron chi connectivity index (χ4n) is 4.96. The number of nitrogens with one attached hydrogen (secondary N) is 1. The predicted molar refractivity (Wildman–Crippen MR) is 167 cm³/mol. The SMILES string of the molecule is Cc1ccc(S(=O)(=O)Nc2ccc3c(c2)CC(=O)N([C@@H](C)CO)C[C@@H](C)[C@H](CN(C)Cc2ccc(Cl)c(Cl)c2)O3)cc1. The van der Waals surface area contributed by atoms with Crippen LogP contribution in [-0.2, 0) is 27.8 Å². The Balaban J connectivity index is 1.62. The molecule has 0 radical (unpaired) electrons. The van der Waals surface area contributed by atoms with Crippen molar-refractivity contribution in [2.24, 2.45) is 5.92 Å². The minimum absolute atomic E-state index is 0.00166. The summed E-state index contributed by atoms with van der Waals surface area (Å²) in [6, 6.07) is 16.7. The first-order valence-electron chi connectivity index (χ1n) is 13.8. The molecule has 0 aliphatic carbocycles. The molecule has 0 unspecified atom stereocenters. The number of carbonyl (C=O) groups is 1. The number of rotatable bonds is 9. The lowest BCUT2D eigenvalue weighted by Gasteiger charge is -2.34. The second kappa shape index (κ2) is 13.7. The third-order valence-electron chi connectivity index (χ3n) is 7.43. The first kappa shape index (κ1) is 32.1. The highest BCUT2D eigenvalue weighted by Crippen LogP contribution is 2.30. The summed E-state index contributed by atoms with van der Waals surface area (Å²) in [5.41, 5.74) is 2.84. The molecule has 0 saturated carbocycles. The van der Waals surface area contributed by atoms with Crippen LogP contribution in [0.1, 0.15) is 30.5 Å². The van der Waals surface area contributed by atoms with E-state index in [1.54, 1.807) is 53.4 Å². The third kappa shape index (κ3) is 7.96. The van der Waals surface area contributed by atoms with E-state index in [1.165, 1.54) is 0 Å². The number of sulfonamides is 1. The lowest BCUT2D eigenvalue weighted by Crippen LogP contribution is -2.47. The molecule has 0 aromatic heterocycles. The van der Waals surface area contributed by atoms with Crippen LogP contribution in [0.15, 0.2) is 65.6 Å². The van der Waals surface area contributed by atoms with Crippen LogP contribution >= 0.6 is 23.2 Å². The van der Waals surface area contributed by atoms with Gasteiger partial charge in [-0.1, -0.05) is 53.9 Å². The van der Waals surface area contributed by atoms with Gasteiger partial charge < -0.3 is 14.7 Å². The number of hydrogen-bond acceptors (Lipinski definition) is 6. The summed E-state index contributed by atoms with van der Waals surface area (Å²) in [6.07, 6.45) is -0.316. The molecule has 0 spiro atoms. The molecule has 2 N–H and O–H groups in total. The molecule has 1 amide bonds. The van der Waals surface area contributed by atoms with Crippen LogP contribution < -0.4 is 9.46 Å². The van der Waals surface area contributed by atoms with Crippen LogP contribution in [0.25, 0.3) is 0 Å². The Morgan fingerprint density at radius 1 is 1.10 bits per heavy atom. The van der Waals surface area contributed by atoms with Crippen LogP contribution in [0.2, 0.25) is 10.0 Å². The molecule has 226 valence electrons. The van der Waals surface area contributed by atoms with E-state index < -0.39 is 10.0 Å². The van der Waals surface area contributed by atoms with Gasteiger partial charge in [0.2, 0.25) is 5.91 Å². The highest BCUT2D eigenvalue weighted by Gasteiger charge is 2.31. The smallest absolute Gasteiger partial charge is 0.261 e. The van der Waals surface area contributed by atoms with Crippen LogP contribution in [0.3, 0.4) is 0 Å². The summed E-state index contributed by atoms with van der Waals surface area (Å²) < 4.78 is 35.3. The van der Waals surface area contributed by atoms with Crippen molar-refractivity contribution in [3.05, 3.63) is 87.4 Å². The number of ether oxygens (including phenoxy) is 1. The molecule has 3 aromatic rings. The van der Waals surface area contributed by atoms with E-state index >= 15 is 0 Å². The zero-order valence-electron chi connectivity index (χ0n) is 24.2. The Bertz CT molecular complexity index is 1520. The summed E-state index contributed by atoms with van der Waals surface area (Å²) in [7, 11) is -1.86. The number of nitrogens with zero attached hydrogens (tertiary/aromatic N) is 2. The van der Waals surface area contributed by atoms with Crippen LogP contribution in [0, 0.1) is 12.8 Å². The maximum absolute atomic E-state index is 13.5. The molecule has 3 aromatic carbocycles.